The molecule has 3 heteroatoms. The van der Waals surface area contributed by atoms with E-state index in [0.717, 1.165) is 18.9 Å². The van der Waals surface area contributed by atoms with Crippen LogP contribution in [0, 0.1) is 5.92 Å². The zero-order valence-corrected chi connectivity index (χ0v) is 12.7. The predicted octanol–water partition coefficient (Wildman–Crippen LogP) is 3.13. The summed E-state index contributed by atoms with van der Waals surface area (Å²) >= 11 is 0. The van der Waals surface area contributed by atoms with Crippen molar-refractivity contribution in [1.82, 2.24) is 0 Å². The Kier molecular flexibility index (Phi) is 5.26. The van der Waals surface area contributed by atoms with Crippen molar-refractivity contribution >= 4 is 5.97 Å². The first-order valence-corrected chi connectivity index (χ1v) is 8.15. The van der Waals surface area contributed by atoms with E-state index in [4.69, 9.17) is 4.74 Å². The molecule has 0 radical (unpaired) electrons. The Morgan fingerprint density at radius 1 is 1.21 bits per heavy atom. The molecule has 0 amide bonds. The number of nitrogens with zero attached hydrogens (tertiary/aromatic N) is 1. The Labute approximate surface area is 117 Å². The summed E-state index contributed by atoms with van der Waals surface area (Å²) in [6.45, 7) is 5.43. The highest BCUT2D eigenvalue weighted by Crippen LogP contribution is 2.36. The lowest BCUT2D eigenvalue weighted by Crippen LogP contribution is -2.61. The number of carbonyl (C=O) groups excluding carboxylic acids is 1. The van der Waals surface area contributed by atoms with Gasteiger partial charge in [-0.2, -0.15) is 0 Å². The fraction of sp³-hybridized carbons (Fsp3) is 0.938. The molecule has 0 aromatic heterocycles. The first kappa shape index (κ1) is 14.8. The molecule has 2 aliphatic rings. The summed E-state index contributed by atoms with van der Waals surface area (Å²) in [6, 6.07) is 0.737. The maximum Gasteiger partial charge on any atom is 0.305 e. The van der Waals surface area contributed by atoms with E-state index in [0.29, 0.717) is 18.9 Å². The third-order valence-corrected chi connectivity index (χ3v) is 5.20. The summed E-state index contributed by atoms with van der Waals surface area (Å²) in [5, 5.41) is 0. The van der Waals surface area contributed by atoms with Gasteiger partial charge in [0.2, 0.25) is 0 Å². The molecule has 3 nitrogen and oxygen atoms in total. The van der Waals surface area contributed by atoms with Crippen LogP contribution < -0.4 is 0 Å². The number of hydrogen-bond acceptors (Lipinski definition) is 2. The number of ether oxygens (including phenoxy) is 1. The van der Waals surface area contributed by atoms with E-state index >= 15 is 0 Å². The van der Waals surface area contributed by atoms with Crippen molar-refractivity contribution in [3.05, 3.63) is 0 Å². The second kappa shape index (κ2) is 6.74. The van der Waals surface area contributed by atoms with E-state index in [1.165, 1.54) is 49.7 Å². The van der Waals surface area contributed by atoms with Gasteiger partial charge in [-0.25, -0.2) is 0 Å². The normalized spacial score (nSPS) is 34.6. The molecular formula is C16H30NO2+. The zero-order chi connectivity index (χ0) is 13.7. The van der Waals surface area contributed by atoms with Crippen LogP contribution in [0.2, 0.25) is 0 Å². The van der Waals surface area contributed by atoms with Crippen molar-refractivity contribution in [3.63, 3.8) is 0 Å². The highest BCUT2D eigenvalue weighted by molar-refractivity contribution is 5.69. The minimum atomic E-state index is 0.0115. The Morgan fingerprint density at radius 3 is 2.79 bits per heavy atom. The minimum absolute atomic E-state index is 0.0115. The summed E-state index contributed by atoms with van der Waals surface area (Å²) < 4.78 is 6.76. The van der Waals surface area contributed by atoms with Gasteiger partial charge in [-0.05, 0) is 32.1 Å². The second-order valence-electron chi connectivity index (χ2n) is 6.68. The first-order valence-electron chi connectivity index (χ1n) is 8.15. The van der Waals surface area contributed by atoms with Crippen molar-refractivity contribution in [2.45, 2.75) is 64.3 Å². The van der Waals surface area contributed by atoms with Gasteiger partial charge < -0.3 is 9.22 Å². The molecule has 0 N–H and O–H groups in total. The van der Waals surface area contributed by atoms with Crippen molar-refractivity contribution < 1.29 is 14.0 Å². The molecule has 110 valence electrons. The molecule has 2 fully saturated rings. The number of hydrogen-bond donors (Lipinski definition) is 0. The van der Waals surface area contributed by atoms with Crippen LogP contribution in [-0.4, -0.2) is 43.2 Å². The van der Waals surface area contributed by atoms with Crippen LogP contribution in [-0.2, 0) is 9.53 Å². The molecule has 0 spiro atoms. The summed E-state index contributed by atoms with van der Waals surface area (Å²) in [7, 11) is 2.41. The summed E-state index contributed by atoms with van der Waals surface area (Å²) in [4.78, 5) is 11.7. The number of carbonyl (C=O) groups is 1. The quantitative estimate of drug-likeness (QED) is 0.565. The lowest BCUT2D eigenvalue weighted by molar-refractivity contribution is -0.947. The third kappa shape index (κ3) is 3.71. The summed E-state index contributed by atoms with van der Waals surface area (Å²) in [5.41, 5.74) is 0. The van der Waals surface area contributed by atoms with Crippen LogP contribution in [0.25, 0.3) is 0 Å². The Bertz CT molecular complexity index is 301. The van der Waals surface area contributed by atoms with Gasteiger partial charge in [0.05, 0.1) is 32.8 Å². The van der Waals surface area contributed by atoms with Gasteiger partial charge >= 0.3 is 5.97 Å². The van der Waals surface area contributed by atoms with Gasteiger partial charge in [0.25, 0.3) is 0 Å². The van der Waals surface area contributed by atoms with Crippen LogP contribution in [0.15, 0.2) is 0 Å². The van der Waals surface area contributed by atoms with Crippen LogP contribution in [0.4, 0.5) is 0 Å². The van der Waals surface area contributed by atoms with E-state index in [1.54, 1.807) is 0 Å². The standard InChI is InChI=1S/C16H30NO2/c1-3-4-10-16(18)19-13-14-8-7-12-17(2)11-6-5-9-15(14)17/h14-15H,3-13H2,1-2H3/q+1/t14-,15+,17-/m0/s1. The molecule has 0 bridgehead atoms. The summed E-state index contributed by atoms with van der Waals surface area (Å²) in [6.07, 6.45) is 9.23. The molecule has 2 aliphatic heterocycles. The number of piperidine rings is 2. The van der Waals surface area contributed by atoms with Crippen LogP contribution >= 0.6 is 0 Å². The number of unbranched alkanes of at least 4 members (excludes halogenated alkanes) is 1. The van der Waals surface area contributed by atoms with Crippen molar-refractivity contribution in [3.8, 4) is 0 Å². The van der Waals surface area contributed by atoms with Gasteiger partial charge in [0.1, 0.15) is 0 Å². The van der Waals surface area contributed by atoms with E-state index in [-0.39, 0.29) is 5.97 Å². The van der Waals surface area contributed by atoms with E-state index in [1.807, 2.05) is 0 Å². The molecule has 0 aliphatic carbocycles. The average molecular weight is 268 g/mol. The SMILES string of the molecule is CCCCC(=O)OC[C@@H]1CCC[N@+]2(C)CCCC[C@H]12. The molecule has 2 rings (SSSR count). The average Bonchev–Trinajstić information content (AvgIpc) is 2.41. The Morgan fingerprint density at radius 2 is 2.00 bits per heavy atom. The molecule has 0 aromatic carbocycles. The fourth-order valence-electron chi connectivity index (χ4n) is 4.02. The van der Waals surface area contributed by atoms with Gasteiger partial charge in [-0.3, -0.25) is 4.79 Å². The van der Waals surface area contributed by atoms with Gasteiger partial charge in [0.15, 0.2) is 0 Å². The monoisotopic (exact) mass is 268 g/mol. The van der Waals surface area contributed by atoms with Gasteiger partial charge in [-0.15, -0.1) is 0 Å². The maximum atomic E-state index is 11.7. The summed E-state index contributed by atoms with van der Waals surface area (Å²) in [5.74, 6) is 0.613. The van der Waals surface area contributed by atoms with Gasteiger partial charge in [-0.1, -0.05) is 13.3 Å². The molecule has 0 unspecified atom stereocenters. The maximum absolute atomic E-state index is 11.7. The number of esters is 1. The first-order chi connectivity index (χ1) is 9.15. The highest BCUT2D eigenvalue weighted by Gasteiger charge is 2.43. The number of fused-ring (bicyclic) bond motifs is 1. The van der Waals surface area contributed by atoms with Crippen molar-refractivity contribution in [1.29, 1.82) is 0 Å². The fourth-order valence-corrected chi connectivity index (χ4v) is 4.02. The third-order valence-electron chi connectivity index (χ3n) is 5.20. The Hall–Kier alpha value is -0.570. The van der Waals surface area contributed by atoms with Crippen molar-refractivity contribution in [2.24, 2.45) is 5.92 Å². The molecule has 2 saturated heterocycles. The van der Waals surface area contributed by atoms with Gasteiger partial charge in [0, 0.05) is 18.8 Å². The molecule has 0 saturated carbocycles. The topological polar surface area (TPSA) is 26.3 Å². The minimum Gasteiger partial charge on any atom is -0.465 e. The molecule has 2 heterocycles. The van der Waals surface area contributed by atoms with E-state index in [9.17, 15) is 4.79 Å². The zero-order valence-electron chi connectivity index (χ0n) is 12.7. The highest BCUT2D eigenvalue weighted by atomic mass is 16.5. The molecule has 19 heavy (non-hydrogen) atoms. The molecular weight excluding hydrogens is 238 g/mol. The van der Waals surface area contributed by atoms with E-state index in [2.05, 4.69) is 14.0 Å². The second-order valence-corrected chi connectivity index (χ2v) is 6.68. The predicted molar refractivity (Wildman–Crippen MR) is 76.8 cm³/mol. The molecule has 3 atom stereocenters. The van der Waals surface area contributed by atoms with Crippen LogP contribution in [0.1, 0.15) is 58.3 Å². The molecule has 0 aromatic rings. The van der Waals surface area contributed by atoms with Crippen LogP contribution in [0.3, 0.4) is 0 Å². The van der Waals surface area contributed by atoms with Crippen LogP contribution in [0.5, 0.6) is 0 Å². The number of rotatable bonds is 5. The Balaban J connectivity index is 1.83. The largest absolute Gasteiger partial charge is 0.465 e. The lowest BCUT2D eigenvalue weighted by atomic mass is 9.82. The number of quaternary nitrogens is 1. The van der Waals surface area contributed by atoms with Crippen molar-refractivity contribution in [2.75, 3.05) is 26.7 Å². The smallest absolute Gasteiger partial charge is 0.305 e. The lowest BCUT2D eigenvalue weighted by Gasteiger charge is -2.51. The van der Waals surface area contributed by atoms with E-state index < -0.39 is 0 Å².